The molecule has 104 valence electrons. The summed E-state index contributed by atoms with van der Waals surface area (Å²) in [5.41, 5.74) is 0.806. The fourth-order valence-electron chi connectivity index (χ4n) is 2.18. The third-order valence-electron chi connectivity index (χ3n) is 3.26. The van der Waals surface area contributed by atoms with E-state index in [1.54, 1.807) is 13.1 Å². The average Bonchev–Trinajstić information content (AvgIpc) is 2.69. The van der Waals surface area contributed by atoms with Crippen LogP contribution >= 0.6 is 0 Å². The highest BCUT2D eigenvalue weighted by atomic mass is 16.7. The molecule has 4 nitrogen and oxygen atoms in total. The van der Waals surface area contributed by atoms with Crippen molar-refractivity contribution in [3.05, 3.63) is 60.1 Å². The lowest BCUT2D eigenvalue weighted by molar-refractivity contribution is -0.143. The first-order valence-corrected chi connectivity index (χ1v) is 6.80. The SMILES string of the molecule is CCC(=O)O/N=c1\c2ccccc2ccc2ncccc12. The third-order valence-corrected chi connectivity index (χ3v) is 3.26. The summed E-state index contributed by atoms with van der Waals surface area (Å²) in [6, 6.07) is 15.6. The van der Waals surface area contributed by atoms with E-state index in [-0.39, 0.29) is 12.4 Å². The third kappa shape index (κ3) is 2.60. The van der Waals surface area contributed by atoms with Crippen molar-refractivity contribution >= 4 is 27.6 Å². The number of nitrogens with zero attached hydrogens (tertiary/aromatic N) is 2. The standard InChI is InChI=1S/C17H14N2O2/c1-2-16(20)21-19-17-13-7-4-3-6-12(13)9-10-15-14(17)8-5-11-18-15/h3-11H,2H2,1H3/b19-17+. The zero-order valence-corrected chi connectivity index (χ0v) is 11.6. The number of fused-ring (bicyclic) bond motifs is 2. The van der Waals surface area contributed by atoms with Gasteiger partial charge in [-0.25, -0.2) is 4.79 Å². The Labute approximate surface area is 121 Å². The van der Waals surface area contributed by atoms with Crippen molar-refractivity contribution in [1.29, 1.82) is 0 Å². The van der Waals surface area contributed by atoms with Crippen molar-refractivity contribution in [3.63, 3.8) is 0 Å². The highest BCUT2D eigenvalue weighted by Gasteiger charge is 2.03. The first-order chi connectivity index (χ1) is 10.3. The Balaban J connectivity index is 2.43. The van der Waals surface area contributed by atoms with Crippen molar-refractivity contribution in [2.45, 2.75) is 13.3 Å². The number of aromatic nitrogens is 1. The van der Waals surface area contributed by atoms with Gasteiger partial charge in [0.15, 0.2) is 0 Å². The molecule has 2 aromatic carbocycles. The normalized spacial score (nSPS) is 11.8. The first-order valence-electron chi connectivity index (χ1n) is 6.80. The quantitative estimate of drug-likeness (QED) is 0.534. The van der Waals surface area contributed by atoms with Crippen LogP contribution in [0, 0.1) is 0 Å². The molecular weight excluding hydrogens is 264 g/mol. The molecule has 4 heteroatoms. The van der Waals surface area contributed by atoms with Crippen molar-refractivity contribution in [1.82, 2.24) is 4.98 Å². The molecule has 0 atom stereocenters. The van der Waals surface area contributed by atoms with E-state index < -0.39 is 0 Å². The minimum Gasteiger partial charge on any atom is -0.318 e. The monoisotopic (exact) mass is 278 g/mol. The second-order valence-corrected chi connectivity index (χ2v) is 4.61. The zero-order chi connectivity index (χ0) is 14.7. The summed E-state index contributed by atoms with van der Waals surface area (Å²) in [6.07, 6.45) is 2.02. The fraction of sp³-hybridized carbons (Fsp3) is 0.118. The van der Waals surface area contributed by atoms with Gasteiger partial charge >= 0.3 is 5.97 Å². The van der Waals surface area contributed by atoms with Gasteiger partial charge in [-0.15, -0.1) is 0 Å². The van der Waals surface area contributed by atoms with Crippen LogP contribution in [0.15, 0.2) is 59.9 Å². The largest absolute Gasteiger partial charge is 0.334 e. The van der Waals surface area contributed by atoms with E-state index in [9.17, 15) is 4.79 Å². The molecule has 0 aliphatic heterocycles. The maximum Gasteiger partial charge on any atom is 0.334 e. The minimum atomic E-state index is -0.359. The van der Waals surface area contributed by atoms with E-state index in [1.165, 1.54) is 0 Å². The van der Waals surface area contributed by atoms with Crippen LogP contribution in [0.1, 0.15) is 13.3 Å². The average molecular weight is 278 g/mol. The molecule has 0 saturated heterocycles. The van der Waals surface area contributed by atoms with Crippen LogP contribution < -0.4 is 5.36 Å². The lowest BCUT2D eigenvalue weighted by Crippen LogP contribution is -2.07. The molecule has 0 fully saturated rings. The summed E-state index contributed by atoms with van der Waals surface area (Å²) in [4.78, 5) is 20.7. The van der Waals surface area contributed by atoms with E-state index in [0.717, 1.165) is 21.7 Å². The van der Waals surface area contributed by atoms with Gasteiger partial charge in [0.25, 0.3) is 0 Å². The van der Waals surface area contributed by atoms with Gasteiger partial charge in [0.2, 0.25) is 0 Å². The van der Waals surface area contributed by atoms with E-state index >= 15 is 0 Å². The smallest absolute Gasteiger partial charge is 0.318 e. The number of benzene rings is 1. The molecule has 0 unspecified atom stereocenters. The van der Waals surface area contributed by atoms with Gasteiger partial charge < -0.3 is 4.84 Å². The number of hydrogen-bond donors (Lipinski definition) is 0. The molecule has 0 amide bonds. The number of pyridine rings is 1. The Morgan fingerprint density at radius 2 is 1.90 bits per heavy atom. The molecule has 0 radical (unpaired) electrons. The molecule has 1 heterocycles. The molecule has 0 spiro atoms. The van der Waals surface area contributed by atoms with E-state index in [0.29, 0.717) is 5.36 Å². The summed E-state index contributed by atoms with van der Waals surface area (Å²) >= 11 is 0. The molecule has 1 aromatic heterocycles. The number of carbonyl (C=O) groups excluding carboxylic acids is 1. The van der Waals surface area contributed by atoms with Gasteiger partial charge in [0, 0.05) is 23.4 Å². The molecule has 0 aliphatic carbocycles. The van der Waals surface area contributed by atoms with Crippen molar-refractivity contribution in [3.8, 4) is 0 Å². The van der Waals surface area contributed by atoms with Crippen LogP contribution in [0.25, 0.3) is 21.7 Å². The maximum atomic E-state index is 11.4. The summed E-state index contributed by atoms with van der Waals surface area (Å²) in [7, 11) is 0. The van der Waals surface area contributed by atoms with Gasteiger partial charge in [-0.3, -0.25) is 4.98 Å². The first kappa shape index (κ1) is 13.2. The number of carbonyl (C=O) groups is 1. The predicted octanol–water partition coefficient (Wildman–Crippen LogP) is 3.16. The van der Waals surface area contributed by atoms with Crippen LogP contribution in [0.5, 0.6) is 0 Å². The van der Waals surface area contributed by atoms with Crippen LogP contribution in [-0.4, -0.2) is 11.0 Å². The van der Waals surface area contributed by atoms with Crippen LogP contribution in [0.2, 0.25) is 0 Å². The Kier molecular flexibility index (Phi) is 3.60. The zero-order valence-electron chi connectivity index (χ0n) is 11.6. The predicted molar refractivity (Wildman–Crippen MR) is 81.2 cm³/mol. The molecular formula is C17H14N2O2. The lowest BCUT2D eigenvalue weighted by atomic mass is 10.1. The summed E-state index contributed by atoms with van der Waals surface area (Å²) < 4.78 is 0. The van der Waals surface area contributed by atoms with Crippen LogP contribution in [0.3, 0.4) is 0 Å². The van der Waals surface area contributed by atoms with Gasteiger partial charge in [-0.1, -0.05) is 42.4 Å². The Morgan fingerprint density at radius 3 is 2.76 bits per heavy atom. The highest BCUT2D eigenvalue weighted by Crippen LogP contribution is 2.13. The summed E-state index contributed by atoms with van der Waals surface area (Å²) in [6.45, 7) is 1.74. The van der Waals surface area contributed by atoms with Crippen LogP contribution in [0.4, 0.5) is 0 Å². The molecule has 3 aromatic rings. The van der Waals surface area contributed by atoms with Gasteiger partial charge in [-0.2, -0.15) is 0 Å². The van der Waals surface area contributed by atoms with Crippen LogP contribution in [-0.2, 0) is 9.63 Å². The Hall–Kier alpha value is -2.75. The summed E-state index contributed by atoms with van der Waals surface area (Å²) in [5.74, 6) is -0.359. The Bertz CT molecular complexity index is 826. The number of hydrogen-bond acceptors (Lipinski definition) is 4. The minimum absolute atomic E-state index is 0.288. The van der Waals surface area contributed by atoms with E-state index in [1.807, 2.05) is 48.5 Å². The molecule has 0 saturated carbocycles. The molecule has 0 N–H and O–H groups in total. The Morgan fingerprint density at radius 1 is 1.10 bits per heavy atom. The second-order valence-electron chi connectivity index (χ2n) is 4.61. The topological polar surface area (TPSA) is 51.5 Å². The van der Waals surface area contributed by atoms with E-state index in [4.69, 9.17) is 4.84 Å². The fourth-order valence-corrected chi connectivity index (χ4v) is 2.18. The molecule has 0 aliphatic rings. The summed E-state index contributed by atoms with van der Waals surface area (Å²) in [5, 5.41) is 7.50. The van der Waals surface area contributed by atoms with Gasteiger partial charge in [0.1, 0.15) is 5.36 Å². The molecule has 3 rings (SSSR count). The second kappa shape index (κ2) is 5.71. The lowest BCUT2D eigenvalue weighted by Gasteiger charge is -1.96. The van der Waals surface area contributed by atoms with Crippen molar-refractivity contribution < 1.29 is 9.63 Å². The van der Waals surface area contributed by atoms with E-state index in [2.05, 4.69) is 10.1 Å². The van der Waals surface area contributed by atoms with Gasteiger partial charge in [0.05, 0.1) is 5.52 Å². The van der Waals surface area contributed by atoms with Gasteiger partial charge in [-0.05, 0) is 23.6 Å². The maximum absolute atomic E-state index is 11.4. The highest BCUT2D eigenvalue weighted by molar-refractivity contribution is 5.91. The molecule has 0 bridgehead atoms. The number of rotatable bonds is 2. The molecule has 21 heavy (non-hydrogen) atoms. The van der Waals surface area contributed by atoms with Crippen molar-refractivity contribution in [2.75, 3.05) is 0 Å². The van der Waals surface area contributed by atoms with Crippen molar-refractivity contribution in [2.24, 2.45) is 5.16 Å².